The Morgan fingerprint density at radius 1 is 0.897 bits per heavy atom. The minimum atomic E-state index is -2.01. The lowest BCUT2D eigenvalue weighted by Gasteiger charge is -2.35. The van der Waals surface area contributed by atoms with Gasteiger partial charge in [-0.25, -0.2) is 0 Å². The molecule has 0 radical (unpaired) electrons. The summed E-state index contributed by atoms with van der Waals surface area (Å²) in [6.07, 6.45) is 13.6. The molecule has 1 unspecified atom stereocenters. The van der Waals surface area contributed by atoms with Crippen LogP contribution in [0.1, 0.15) is 90.4 Å². The Hall–Kier alpha value is -1.40. The fourth-order valence-corrected chi connectivity index (χ4v) is 3.57. The van der Waals surface area contributed by atoms with Gasteiger partial charge in [-0.05, 0) is 6.42 Å². The van der Waals surface area contributed by atoms with Crippen molar-refractivity contribution in [3.05, 3.63) is 11.8 Å². The Morgan fingerprint density at radius 3 is 1.76 bits per heavy atom. The number of nitrogens with zero attached hydrogens (tertiary/aromatic N) is 1. The van der Waals surface area contributed by atoms with Crippen LogP contribution in [0.2, 0.25) is 0 Å². The number of likely N-dealkylation sites (N-methyl/N-ethyl adjacent to an activating group) is 1. The maximum atomic E-state index is 12.1. The molecular formula is C23H43NO5. The highest BCUT2D eigenvalue weighted by Gasteiger charge is 2.38. The van der Waals surface area contributed by atoms with E-state index in [-0.39, 0.29) is 23.2 Å². The monoisotopic (exact) mass is 413 g/mol. The molecule has 0 aliphatic carbocycles. The Morgan fingerprint density at radius 2 is 1.34 bits per heavy atom. The molecule has 6 nitrogen and oxygen atoms in total. The van der Waals surface area contributed by atoms with Crippen LogP contribution in [0, 0.1) is 0 Å². The van der Waals surface area contributed by atoms with Gasteiger partial charge in [-0.3, -0.25) is 4.79 Å². The zero-order valence-corrected chi connectivity index (χ0v) is 19.0. The second-order valence-electron chi connectivity index (χ2n) is 9.31. The summed E-state index contributed by atoms with van der Waals surface area (Å²) in [5.41, 5.74) is -2.01. The quantitative estimate of drug-likeness (QED) is 0.156. The summed E-state index contributed by atoms with van der Waals surface area (Å²) in [7, 11) is 5.29. The highest BCUT2D eigenvalue weighted by Crippen LogP contribution is 2.22. The van der Waals surface area contributed by atoms with E-state index in [0.29, 0.717) is 0 Å². The largest absolute Gasteiger partial charge is 0.550 e. The van der Waals surface area contributed by atoms with Crippen LogP contribution in [-0.4, -0.2) is 59.7 Å². The van der Waals surface area contributed by atoms with E-state index >= 15 is 0 Å². The third kappa shape index (κ3) is 15.1. The number of allylic oxidation sites excluding steroid dienone is 1. The van der Waals surface area contributed by atoms with Crippen LogP contribution < -0.4 is 5.11 Å². The summed E-state index contributed by atoms with van der Waals surface area (Å²) in [5.74, 6) is -2.36. The van der Waals surface area contributed by atoms with Crippen molar-refractivity contribution in [1.82, 2.24) is 0 Å². The van der Waals surface area contributed by atoms with Crippen molar-refractivity contribution in [1.29, 1.82) is 0 Å². The van der Waals surface area contributed by atoms with E-state index < -0.39 is 23.8 Å². The first-order chi connectivity index (χ1) is 13.5. The third-order valence-electron chi connectivity index (χ3n) is 4.97. The smallest absolute Gasteiger partial charge is 0.175 e. The summed E-state index contributed by atoms with van der Waals surface area (Å²) in [5, 5.41) is 31.8. The van der Waals surface area contributed by atoms with Gasteiger partial charge in [0.15, 0.2) is 11.4 Å². The number of carboxylic acids is 1. The second kappa shape index (κ2) is 14.6. The van der Waals surface area contributed by atoms with Crippen LogP contribution in [0.4, 0.5) is 0 Å². The number of carbonyl (C=O) groups is 2. The van der Waals surface area contributed by atoms with Crippen molar-refractivity contribution in [3.8, 4) is 0 Å². The number of ketones is 1. The Labute approximate surface area is 177 Å². The number of aliphatic carboxylic acids is 1. The minimum Gasteiger partial charge on any atom is -0.550 e. The number of hydrogen-bond acceptors (Lipinski definition) is 5. The van der Waals surface area contributed by atoms with E-state index in [2.05, 4.69) is 6.92 Å². The van der Waals surface area contributed by atoms with Gasteiger partial charge in [0.2, 0.25) is 0 Å². The molecule has 170 valence electrons. The Bertz CT molecular complexity index is 510. The molecule has 6 heteroatoms. The second-order valence-corrected chi connectivity index (χ2v) is 9.31. The average Bonchev–Trinajstić information content (AvgIpc) is 2.57. The standard InChI is InChI=1S/C23H43NO5/c1-5-6-7-8-9-10-11-12-13-14-15-16-20(25)17-21(26)23(29,18-22(27)28)19-24(2,3)4/h17,29H,5-16,18-19H2,1-4H3,(H-,25,26,27,28). The van der Waals surface area contributed by atoms with Crippen molar-refractivity contribution >= 4 is 11.8 Å². The zero-order chi connectivity index (χ0) is 22.3. The molecule has 0 amide bonds. The minimum absolute atomic E-state index is 0.0466. The highest BCUT2D eigenvalue weighted by atomic mass is 16.4. The van der Waals surface area contributed by atoms with E-state index in [1.165, 1.54) is 51.4 Å². The van der Waals surface area contributed by atoms with Crippen LogP contribution in [0.5, 0.6) is 0 Å². The normalized spacial score (nSPS) is 14.6. The summed E-state index contributed by atoms with van der Waals surface area (Å²) in [6.45, 7) is 2.18. The molecule has 0 spiro atoms. The number of aliphatic hydroxyl groups excluding tert-OH is 1. The Balaban J connectivity index is 4.22. The van der Waals surface area contributed by atoms with Crippen molar-refractivity contribution in [3.63, 3.8) is 0 Å². The maximum absolute atomic E-state index is 12.1. The topological polar surface area (TPSA) is 97.7 Å². The average molecular weight is 414 g/mol. The summed E-state index contributed by atoms with van der Waals surface area (Å²) in [4.78, 5) is 23.1. The van der Waals surface area contributed by atoms with Gasteiger partial charge in [-0.2, -0.15) is 0 Å². The van der Waals surface area contributed by atoms with Crippen molar-refractivity contribution < 1.29 is 29.4 Å². The molecule has 0 aliphatic rings. The summed E-state index contributed by atoms with van der Waals surface area (Å²) in [6, 6.07) is 0. The SMILES string of the molecule is CCCCCCCCCCCCCC(=O)/C=C(\O)C(O)(CC(=O)[O-])C[N+](C)(C)C. The number of hydrogen-bond donors (Lipinski definition) is 2. The third-order valence-corrected chi connectivity index (χ3v) is 4.97. The van der Waals surface area contributed by atoms with Gasteiger partial charge >= 0.3 is 0 Å². The lowest BCUT2D eigenvalue weighted by molar-refractivity contribution is -0.876. The molecule has 0 bridgehead atoms. The molecular weight excluding hydrogens is 370 g/mol. The van der Waals surface area contributed by atoms with Crippen LogP contribution in [0.15, 0.2) is 11.8 Å². The predicted molar refractivity (Wildman–Crippen MR) is 114 cm³/mol. The van der Waals surface area contributed by atoms with E-state index in [1.807, 2.05) is 0 Å². The van der Waals surface area contributed by atoms with Gasteiger partial charge < -0.3 is 24.6 Å². The van der Waals surface area contributed by atoms with E-state index in [1.54, 1.807) is 21.1 Å². The lowest BCUT2D eigenvalue weighted by atomic mass is 9.94. The van der Waals surface area contributed by atoms with Crippen LogP contribution in [0.25, 0.3) is 0 Å². The van der Waals surface area contributed by atoms with E-state index in [0.717, 1.165) is 25.3 Å². The lowest BCUT2D eigenvalue weighted by Crippen LogP contribution is -2.52. The molecule has 1 atom stereocenters. The van der Waals surface area contributed by atoms with Gasteiger partial charge in [-0.1, -0.05) is 71.1 Å². The van der Waals surface area contributed by atoms with Crippen molar-refractivity contribution in [2.45, 2.75) is 96.0 Å². The molecule has 0 aromatic carbocycles. The molecule has 0 rings (SSSR count). The first-order valence-corrected chi connectivity index (χ1v) is 11.2. The molecule has 0 aromatic heterocycles. The van der Waals surface area contributed by atoms with E-state index in [4.69, 9.17) is 0 Å². The molecule has 29 heavy (non-hydrogen) atoms. The molecule has 2 N–H and O–H groups in total. The van der Waals surface area contributed by atoms with Gasteiger partial charge in [0, 0.05) is 24.9 Å². The van der Waals surface area contributed by atoms with E-state index in [9.17, 15) is 24.9 Å². The molecule has 0 saturated heterocycles. The fourth-order valence-electron chi connectivity index (χ4n) is 3.57. The van der Waals surface area contributed by atoms with Gasteiger partial charge in [0.05, 0.1) is 21.1 Å². The molecule has 0 heterocycles. The predicted octanol–water partition coefficient (Wildman–Crippen LogP) is 3.28. The van der Waals surface area contributed by atoms with Gasteiger partial charge in [0.1, 0.15) is 12.3 Å². The summed E-state index contributed by atoms with van der Waals surface area (Å²) >= 11 is 0. The first-order valence-electron chi connectivity index (χ1n) is 11.2. The molecule has 0 aliphatic heterocycles. The fraction of sp³-hybridized carbons (Fsp3) is 0.826. The van der Waals surface area contributed by atoms with Crippen LogP contribution in [-0.2, 0) is 9.59 Å². The number of quaternary nitrogens is 1. The van der Waals surface area contributed by atoms with Gasteiger partial charge in [0.25, 0.3) is 0 Å². The summed E-state index contributed by atoms with van der Waals surface area (Å²) < 4.78 is 0.231. The van der Waals surface area contributed by atoms with Crippen molar-refractivity contribution in [2.24, 2.45) is 0 Å². The molecule has 0 aromatic rings. The number of unbranched alkanes of at least 4 members (excludes halogenated alkanes) is 10. The van der Waals surface area contributed by atoms with Crippen LogP contribution >= 0.6 is 0 Å². The van der Waals surface area contributed by atoms with Gasteiger partial charge in [-0.15, -0.1) is 0 Å². The number of rotatable bonds is 18. The zero-order valence-electron chi connectivity index (χ0n) is 19.0. The number of carboxylic acid groups (broad SMARTS) is 1. The molecule has 0 saturated carbocycles. The Kier molecular flexibility index (Phi) is 13.9. The highest BCUT2D eigenvalue weighted by molar-refractivity contribution is 5.90. The molecule has 0 fully saturated rings. The van der Waals surface area contributed by atoms with Crippen molar-refractivity contribution in [2.75, 3.05) is 27.7 Å². The van der Waals surface area contributed by atoms with Crippen LogP contribution in [0.3, 0.4) is 0 Å². The number of aliphatic hydroxyl groups is 2. The first kappa shape index (κ1) is 27.6. The number of carbonyl (C=O) groups excluding carboxylic acids is 2. The maximum Gasteiger partial charge on any atom is 0.175 e.